The third-order valence-corrected chi connectivity index (χ3v) is 1.85. The molecule has 0 unspecified atom stereocenters. The Labute approximate surface area is 99.7 Å². The first-order chi connectivity index (χ1) is 7.88. The van der Waals surface area contributed by atoms with Crippen molar-refractivity contribution in [2.45, 2.75) is 6.18 Å². The first-order valence-corrected chi connectivity index (χ1v) is 4.76. The molecule has 94 valence electrons. The second-order valence-corrected chi connectivity index (χ2v) is 3.35. The normalized spacial score (nSPS) is 11.1. The van der Waals surface area contributed by atoms with Crippen molar-refractivity contribution in [2.75, 3.05) is 11.9 Å². The Morgan fingerprint density at radius 3 is 2.59 bits per heavy atom. The second-order valence-electron chi connectivity index (χ2n) is 2.94. The van der Waals surface area contributed by atoms with Gasteiger partial charge < -0.3 is 5.32 Å². The van der Waals surface area contributed by atoms with Crippen LogP contribution >= 0.6 is 11.6 Å². The number of alkyl halides is 3. The molecule has 0 aliphatic carbocycles. The monoisotopic (exact) mass is 268 g/mol. The van der Waals surface area contributed by atoms with E-state index in [9.17, 15) is 18.0 Å². The third-order valence-electron chi connectivity index (χ3n) is 1.52. The van der Waals surface area contributed by atoms with Crippen molar-refractivity contribution in [1.82, 2.24) is 5.48 Å². The number of amides is 2. The summed E-state index contributed by atoms with van der Waals surface area (Å²) in [7, 11) is 0. The van der Waals surface area contributed by atoms with E-state index in [1.54, 1.807) is 17.6 Å². The molecule has 2 amide bonds. The molecule has 0 aromatic heterocycles. The first kappa shape index (κ1) is 13.6. The standard InChI is InChI=1S/C9H8ClF3N2O2/c10-6-3-1-2-4-7(6)14-8(16)15-17-5-9(11,12)13/h1-4H,5H2,(H2,14,15,16). The Balaban J connectivity index is 2.38. The summed E-state index contributed by atoms with van der Waals surface area (Å²) < 4.78 is 35.0. The molecule has 1 aromatic rings. The molecule has 1 rings (SSSR count). The quantitative estimate of drug-likeness (QED) is 0.828. The summed E-state index contributed by atoms with van der Waals surface area (Å²) >= 11 is 5.71. The Kier molecular flexibility index (Phi) is 4.59. The number of nitrogens with one attached hydrogen (secondary N) is 2. The molecule has 0 atom stereocenters. The molecular weight excluding hydrogens is 261 g/mol. The molecule has 17 heavy (non-hydrogen) atoms. The highest BCUT2D eigenvalue weighted by molar-refractivity contribution is 6.33. The molecular formula is C9H8ClF3N2O2. The minimum absolute atomic E-state index is 0.262. The Hall–Kier alpha value is -1.47. The summed E-state index contributed by atoms with van der Waals surface area (Å²) in [5, 5.41) is 2.48. The zero-order valence-corrected chi connectivity index (χ0v) is 9.10. The molecule has 1 aromatic carbocycles. The van der Waals surface area contributed by atoms with Crippen molar-refractivity contribution in [3.63, 3.8) is 0 Å². The topological polar surface area (TPSA) is 50.4 Å². The number of hydrogen-bond acceptors (Lipinski definition) is 2. The zero-order chi connectivity index (χ0) is 12.9. The van der Waals surface area contributed by atoms with E-state index in [2.05, 4.69) is 10.2 Å². The van der Waals surface area contributed by atoms with Crippen molar-refractivity contribution in [3.8, 4) is 0 Å². The number of hydrogen-bond donors (Lipinski definition) is 2. The first-order valence-electron chi connectivity index (χ1n) is 4.38. The minimum Gasteiger partial charge on any atom is -0.305 e. The molecule has 0 heterocycles. The number of urea groups is 1. The smallest absolute Gasteiger partial charge is 0.305 e. The Morgan fingerprint density at radius 2 is 2.00 bits per heavy atom. The number of benzene rings is 1. The van der Waals surface area contributed by atoms with Crippen LogP contribution in [0.1, 0.15) is 0 Å². The van der Waals surface area contributed by atoms with E-state index < -0.39 is 18.8 Å². The summed E-state index contributed by atoms with van der Waals surface area (Å²) in [5.74, 6) is 0. The van der Waals surface area contributed by atoms with Crippen molar-refractivity contribution >= 4 is 23.3 Å². The van der Waals surface area contributed by atoms with Crippen molar-refractivity contribution in [1.29, 1.82) is 0 Å². The SMILES string of the molecule is O=C(NOCC(F)(F)F)Nc1ccccc1Cl. The predicted octanol–water partition coefficient (Wildman–Crippen LogP) is 2.96. The van der Waals surface area contributed by atoms with Crippen molar-refractivity contribution in [3.05, 3.63) is 29.3 Å². The molecule has 0 saturated carbocycles. The maximum Gasteiger partial charge on any atom is 0.414 e. The summed E-state index contributed by atoms with van der Waals surface area (Å²) in [5.41, 5.74) is 1.85. The molecule has 8 heteroatoms. The fourth-order valence-corrected chi connectivity index (χ4v) is 1.08. The van der Waals surface area contributed by atoms with Gasteiger partial charge in [0.15, 0.2) is 6.61 Å². The van der Waals surface area contributed by atoms with E-state index in [1.165, 1.54) is 12.1 Å². The summed E-state index contributed by atoms with van der Waals surface area (Å²) in [6, 6.07) is 5.32. The molecule has 0 spiro atoms. The molecule has 0 aliphatic rings. The average Bonchev–Trinajstić information content (AvgIpc) is 2.19. The van der Waals surface area contributed by atoms with Gasteiger partial charge in [0.25, 0.3) is 0 Å². The predicted molar refractivity (Wildman–Crippen MR) is 55.6 cm³/mol. The van der Waals surface area contributed by atoms with E-state index >= 15 is 0 Å². The maximum atomic E-state index is 11.7. The maximum absolute atomic E-state index is 11.7. The highest BCUT2D eigenvalue weighted by atomic mass is 35.5. The fourth-order valence-electron chi connectivity index (χ4n) is 0.894. The Morgan fingerprint density at radius 1 is 1.35 bits per heavy atom. The van der Waals surface area contributed by atoms with Crippen LogP contribution in [-0.4, -0.2) is 18.8 Å². The molecule has 0 fully saturated rings. The number of anilines is 1. The van der Waals surface area contributed by atoms with Gasteiger partial charge in [-0.1, -0.05) is 23.7 Å². The van der Waals surface area contributed by atoms with Crippen LogP contribution in [0.4, 0.5) is 23.7 Å². The summed E-state index contributed by atoms with van der Waals surface area (Å²) in [6.07, 6.45) is -4.50. The van der Waals surface area contributed by atoms with E-state index in [1.807, 2.05) is 0 Å². The average molecular weight is 269 g/mol. The van der Waals surface area contributed by atoms with Crippen LogP contribution in [0.3, 0.4) is 0 Å². The largest absolute Gasteiger partial charge is 0.414 e. The lowest BCUT2D eigenvalue weighted by Crippen LogP contribution is -2.32. The highest BCUT2D eigenvalue weighted by Gasteiger charge is 2.28. The van der Waals surface area contributed by atoms with Crippen molar-refractivity contribution in [2.24, 2.45) is 0 Å². The molecule has 0 aliphatic heterocycles. The Bertz CT molecular complexity index is 398. The van der Waals surface area contributed by atoms with Crippen molar-refractivity contribution < 1.29 is 22.8 Å². The van der Waals surface area contributed by atoms with Crippen LogP contribution < -0.4 is 10.8 Å². The van der Waals surface area contributed by atoms with Gasteiger partial charge in [-0.25, -0.2) is 10.3 Å². The van der Waals surface area contributed by atoms with Gasteiger partial charge in [-0.3, -0.25) is 4.84 Å². The van der Waals surface area contributed by atoms with Crippen LogP contribution in [0.2, 0.25) is 5.02 Å². The van der Waals surface area contributed by atoms with Gasteiger partial charge in [0.2, 0.25) is 0 Å². The number of carbonyl (C=O) groups excluding carboxylic acids is 1. The molecule has 0 bridgehead atoms. The summed E-state index contributed by atoms with van der Waals surface area (Å²) in [4.78, 5) is 15.0. The fraction of sp³-hybridized carbons (Fsp3) is 0.222. The van der Waals surface area contributed by atoms with Crippen LogP contribution in [-0.2, 0) is 4.84 Å². The molecule has 2 N–H and O–H groups in total. The van der Waals surface area contributed by atoms with Gasteiger partial charge in [-0.05, 0) is 12.1 Å². The van der Waals surface area contributed by atoms with Gasteiger partial charge in [-0.15, -0.1) is 0 Å². The lowest BCUT2D eigenvalue weighted by molar-refractivity contribution is -0.183. The molecule has 4 nitrogen and oxygen atoms in total. The third kappa shape index (κ3) is 5.41. The van der Waals surface area contributed by atoms with Gasteiger partial charge in [0.05, 0.1) is 10.7 Å². The second kappa shape index (κ2) is 5.74. The van der Waals surface area contributed by atoms with Gasteiger partial charge in [0, 0.05) is 0 Å². The van der Waals surface area contributed by atoms with Gasteiger partial charge >= 0.3 is 12.2 Å². The van der Waals surface area contributed by atoms with Gasteiger partial charge in [-0.2, -0.15) is 13.2 Å². The number of hydroxylamine groups is 1. The van der Waals surface area contributed by atoms with E-state index in [0.29, 0.717) is 0 Å². The van der Waals surface area contributed by atoms with E-state index in [0.717, 1.165) is 0 Å². The number of halogens is 4. The zero-order valence-electron chi connectivity index (χ0n) is 8.34. The van der Waals surface area contributed by atoms with Crippen LogP contribution in [0.5, 0.6) is 0 Å². The highest BCUT2D eigenvalue weighted by Crippen LogP contribution is 2.20. The van der Waals surface area contributed by atoms with Gasteiger partial charge in [0.1, 0.15) is 0 Å². The lowest BCUT2D eigenvalue weighted by atomic mass is 10.3. The molecule has 0 radical (unpaired) electrons. The molecule has 0 saturated heterocycles. The lowest BCUT2D eigenvalue weighted by Gasteiger charge is -2.10. The summed E-state index contributed by atoms with van der Waals surface area (Å²) in [6.45, 7) is -1.57. The van der Waals surface area contributed by atoms with Crippen LogP contribution in [0, 0.1) is 0 Å². The number of rotatable bonds is 3. The van der Waals surface area contributed by atoms with Crippen LogP contribution in [0.15, 0.2) is 24.3 Å². The number of para-hydroxylation sites is 1. The number of carbonyl (C=O) groups is 1. The van der Waals surface area contributed by atoms with E-state index in [4.69, 9.17) is 11.6 Å². The van der Waals surface area contributed by atoms with Crippen LogP contribution in [0.25, 0.3) is 0 Å². The van der Waals surface area contributed by atoms with E-state index in [-0.39, 0.29) is 10.7 Å². The minimum atomic E-state index is -4.50.